The van der Waals surface area contributed by atoms with Crippen LogP contribution >= 0.6 is 0 Å². The second-order valence-corrected chi connectivity index (χ2v) is 8.35. The quantitative estimate of drug-likeness (QED) is 0.512. The van der Waals surface area contributed by atoms with E-state index < -0.39 is 0 Å². The van der Waals surface area contributed by atoms with Crippen molar-refractivity contribution in [3.05, 3.63) is 70.8 Å². The Morgan fingerprint density at radius 1 is 1.03 bits per heavy atom. The first-order valence-corrected chi connectivity index (χ1v) is 10.7. The molecule has 0 aliphatic carbocycles. The summed E-state index contributed by atoms with van der Waals surface area (Å²) in [6, 6.07) is 16.8. The van der Waals surface area contributed by atoms with Gasteiger partial charge in [0, 0.05) is 33.3 Å². The molecular weight excluding hydrogens is 372 g/mol. The fourth-order valence-electron chi connectivity index (χ4n) is 3.34. The summed E-state index contributed by atoms with van der Waals surface area (Å²) in [5.41, 5.74) is 4.45. The summed E-state index contributed by atoms with van der Waals surface area (Å²) in [5, 5.41) is 6.82. The highest BCUT2D eigenvalue weighted by Crippen LogP contribution is 2.15. The third-order valence-electron chi connectivity index (χ3n) is 4.99. The van der Waals surface area contributed by atoms with Crippen molar-refractivity contribution in [2.24, 2.45) is 10.9 Å². The minimum Gasteiger partial charge on any atom is -0.356 e. The van der Waals surface area contributed by atoms with Crippen molar-refractivity contribution in [2.45, 2.75) is 39.7 Å². The van der Waals surface area contributed by atoms with Crippen LogP contribution in [0.5, 0.6) is 0 Å². The normalized spacial score (nSPS) is 12.6. The number of hydrogen-bond acceptors (Lipinski definition) is 2. The first-order chi connectivity index (χ1) is 14.3. The van der Waals surface area contributed by atoms with Crippen LogP contribution in [0.2, 0.25) is 0 Å². The molecule has 2 N–H and O–H groups in total. The molecule has 2 aromatic rings. The van der Waals surface area contributed by atoms with Crippen molar-refractivity contribution >= 4 is 11.9 Å². The molecule has 0 heterocycles. The van der Waals surface area contributed by atoms with Gasteiger partial charge >= 0.3 is 0 Å². The zero-order chi connectivity index (χ0) is 22.1. The molecule has 2 rings (SSSR count). The van der Waals surface area contributed by atoms with Gasteiger partial charge in [0.2, 0.25) is 0 Å². The number of carbonyl (C=O) groups is 1. The van der Waals surface area contributed by atoms with E-state index in [9.17, 15) is 4.79 Å². The summed E-state index contributed by atoms with van der Waals surface area (Å²) in [4.78, 5) is 18.1. The number of rotatable bonds is 8. The van der Waals surface area contributed by atoms with Crippen LogP contribution in [0.15, 0.2) is 53.5 Å². The molecule has 0 aliphatic heterocycles. The van der Waals surface area contributed by atoms with Gasteiger partial charge in [0.25, 0.3) is 5.91 Å². The van der Waals surface area contributed by atoms with Crippen molar-refractivity contribution in [3.8, 4) is 0 Å². The van der Waals surface area contributed by atoms with E-state index in [4.69, 9.17) is 0 Å². The Morgan fingerprint density at radius 2 is 1.73 bits per heavy atom. The highest BCUT2D eigenvalue weighted by atomic mass is 16.2. The second kappa shape index (κ2) is 11.4. The van der Waals surface area contributed by atoms with Crippen molar-refractivity contribution < 1.29 is 4.79 Å². The van der Waals surface area contributed by atoms with Crippen LogP contribution in [0, 0.1) is 5.92 Å². The zero-order valence-electron chi connectivity index (χ0n) is 19.2. The SMILES string of the molecule is CN=C(NCCc1cccc(C(=O)N(C)C)c1)NC(C)c1ccc(CC(C)C)cc1. The summed E-state index contributed by atoms with van der Waals surface area (Å²) in [7, 11) is 5.32. The predicted molar refractivity (Wildman–Crippen MR) is 126 cm³/mol. The van der Waals surface area contributed by atoms with Gasteiger partial charge in [0.05, 0.1) is 6.04 Å². The first kappa shape index (κ1) is 23.5. The molecule has 1 unspecified atom stereocenters. The molecule has 0 aliphatic rings. The highest BCUT2D eigenvalue weighted by molar-refractivity contribution is 5.94. The maximum Gasteiger partial charge on any atom is 0.253 e. The lowest BCUT2D eigenvalue weighted by atomic mass is 10.00. The van der Waals surface area contributed by atoms with Gasteiger partial charge in [-0.25, -0.2) is 0 Å². The topological polar surface area (TPSA) is 56.7 Å². The van der Waals surface area contributed by atoms with Gasteiger partial charge in [-0.05, 0) is 54.5 Å². The number of nitrogens with zero attached hydrogens (tertiary/aromatic N) is 2. The summed E-state index contributed by atoms with van der Waals surface area (Å²) >= 11 is 0. The van der Waals surface area contributed by atoms with Crippen LogP contribution in [0.4, 0.5) is 0 Å². The van der Waals surface area contributed by atoms with Crippen LogP contribution in [0.3, 0.4) is 0 Å². The Morgan fingerprint density at radius 3 is 2.33 bits per heavy atom. The average molecular weight is 409 g/mol. The van der Waals surface area contributed by atoms with E-state index in [0.717, 1.165) is 36.5 Å². The Hall–Kier alpha value is -2.82. The molecule has 0 saturated carbocycles. The lowest BCUT2D eigenvalue weighted by molar-refractivity contribution is 0.0827. The molecule has 0 fully saturated rings. The first-order valence-electron chi connectivity index (χ1n) is 10.7. The Bertz CT molecular complexity index is 840. The lowest BCUT2D eigenvalue weighted by Gasteiger charge is -2.19. The van der Waals surface area contributed by atoms with E-state index in [-0.39, 0.29) is 11.9 Å². The monoisotopic (exact) mass is 408 g/mol. The maximum atomic E-state index is 12.1. The summed E-state index contributed by atoms with van der Waals surface area (Å²) < 4.78 is 0. The van der Waals surface area contributed by atoms with Crippen molar-refractivity contribution in [1.29, 1.82) is 0 Å². The molecule has 1 amide bonds. The molecule has 1 atom stereocenters. The smallest absolute Gasteiger partial charge is 0.253 e. The third-order valence-corrected chi connectivity index (χ3v) is 4.99. The molecule has 0 spiro atoms. The largest absolute Gasteiger partial charge is 0.356 e. The van der Waals surface area contributed by atoms with Gasteiger partial charge in [0.1, 0.15) is 0 Å². The third kappa shape index (κ3) is 7.21. The maximum absolute atomic E-state index is 12.1. The van der Waals surface area contributed by atoms with Crippen LogP contribution in [0.1, 0.15) is 53.9 Å². The summed E-state index contributed by atoms with van der Waals surface area (Å²) in [5.74, 6) is 1.46. The number of amides is 1. The summed E-state index contributed by atoms with van der Waals surface area (Å²) in [6.07, 6.45) is 1.92. The van der Waals surface area contributed by atoms with Crippen LogP contribution in [0.25, 0.3) is 0 Å². The van der Waals surface area contributed by atoms with Gasteiger partial charge in [-0.1, -0.05) is 50.2 Å². The molecular formula is C25H36N4O. The summed E-state index contributed by atoms with van der Waals surface area (Å²) in [6.45, 7) is 7.36. The molecule has 2 aromatic carbocycles. The van der Waals surface area contributed by atoms with Crippen molar-refractivity contribution in [1.82, 2.24) is 15.5 Å². The minimum atomic E-state index is 0.0236. The molecule has 162 valence electrons. The van der Waals surface area contributed by atoms with Crippen LogP contribution < -0.4 is 10.6 Å². The standard InChI is InChI=1S/C25H36N4O/c1-18(2)16-21-10-12-22(13-11-21)19(3)28-25(26-4)27-15-14-20-8-7-9-23(17-20)24(30)29(5)6/h7-13,17-19H,14-16H2,1-6H3,(H2,26,27,28). The molecule has 5 heteroatoms. The number of nitrogens with one attached hydrogen (secondary N) is 2. The fourth-order valence-corrected chi connectivity index (χ4v) is 3.34. The Kier molecular flexibility index (Phi) is 8.90. The van der Waals surface area contributed by atoms with Gasteiger partial charge in [0.15, 0.2) is 5.96 Å². The van der Waals surface area contributed by atoms with E-state index in [1.165, 1.54) is 11.1 Å². The molecule has 0 bridgehead atoms. The second-order valence-electron chi connectivity index (χ2n) is 8.35. The zero-order valence-corrected chi connectivity index (χ0v) is 19.2. The van der Waals surface area contributed by atoms with Crippen LogP contribution in [-0.2, 0) is 12.8 Å². The van der Waals surface area contributed by atoms with Gasteiger partial charge in [-0.3, -0.25) is 9.79 Å². The van der Waals surface area contributed by atoms with Crippen molar-refractivity contribution in [2.75, 3.05) is 27.7 Å². The molecule has 0 saturated heterocycles. The number of benzene rings is 2. The molecule has 0 radical (unpaired) electrons. The van der Waals surface area contributed by atoms with Crippen molar-refractivity contribution in [3.63, 3.8) is 0 Å². The predicted octanol–water partition coefficient (Wildman–Crippen LogP) is 4.06. The van der Waals surface area contributed by atoms with Gasteiger partial charge in [-0.2, -0.15) is 0 Å². The Labute approximate surface area is 181 Å². The minimum absolute atomic E-state index is 0.0236. The van der Waals surface area contributed by atoms with E-state index in [2.05, 4.69) is 60.7 Å². The number of guanidine groups is 1. The molecule has 30 heavy (non-hydrogen) atoms. The Balaban J connectivity index is 1.87. The van der Waals surface area contributed by atoms with Gasteiger partial charge in [-0.15, -0.1) is 0 Å². The molecule has 5 nitrogen and oxygen atoms in total. The lowest BCUT2D eigenvalue weighted by Crippen LogP contribution is -2.39. The number of aliphatic imine (C=N–C) groups is 1. The van der Waals surface area contributed by atoms with E-state index in [1.807, 2.05) is 24.3 Å². The number of hydrogen-bond donors (Lipinski definition) is 2. The van der Waals surface area contributed by atoms with Gasteiger partial charge < -0.3 is 15.5 Å². The van der Waals surface area contributed by atoms with E-state index in [0.29, 0.717) is 5.92 Å². The van der Waals surface area contributed by atoms with Crippen LogP contribution in [-0.4, -0.2) is 44.5 Å². The molecule has 0 aromatic heterocycles. The van der Waals surface area contributed by atoms with E-state index >= 15 is 0 Å². The fraction of sp³-hybridized carbons (Fsp3) is 0.440. The van der Waals surface area contributed by atoms with E-state index in [1.54, 1.807) is 26.0 Å². The highest BCUT2D eigenvalue weighted by Gasteiger charge is 2.10. The average Bonchev–Trinajstić information content (AvgIpc) is 2.72. The number of carbonyl (C=O) groups excluding carboxylic acids is 1.